The monoisotopic (exact) mass is 632 g/mol. The largest absolute Gasteiger partial charge is 0.481 e. The molecular formula is C35H38F2N4O3S. The van der Waals surface area contributed by atoms with Crippen LogP contribution in [0.25, 0.3) is 11.0 Å². The maximum atomic E-state index is 15.4. The fraction of sp³-hybridized carbons (Fsp3) is 0.343. The number of imidazole rings is 1. The lowest BCUT2D eigenvalue weighted by molar-refractivity contribution is -0.136. The van der Waals surface area contributed by atoms with E-state index < -0.39 is 17.6 Å². The molecule has 0 spiro atoms. The number of hydrogen-bond acceptors (Lipinski definition) is 6. The van der Waals surface area contributed by atoms with E-state index in [2.05, 4.69) is 29.1 Å². The molecule has 2 heterocycles. The molecule has 2 bridgehead atoms. The van der Waals surface area contributed by atoms with Crippen molar-refractivity contribution >= 4 is 34.5 Å². The number of nitrogens with zero attached hydrogens (tertiary/aromatic N) is 1. The normalized spacial score (nSPS) is 18.5. The number of aromatic amines is 1. The Kier molecular flexibility index (Phi) is 10.2. The van der Waals surface area contributed by atoms with Gasteiger partial charge in [0.05, 0.1) is 29.1 Å². The second kappa shape index (κ2) is 14.3. The van der Waals surface area contributed by atoms with Crippen LogP contribution in [-0.4, -0.2) is 38.3 Å². The number of carboxylic acid groups (broad SMARTS) is 1. The number of ether oxygens (including phenoxy) is 1. The van der Waals surface area contributed by atoms with Gasteiger partial charge in [0.25, 0.3) is 0 Å². The minimum atomic E-state index is -0.836. The van der Waals surface area contributed by atoms with Gasteiger partial charge in [0.1, 0.15) is 11.6 Å². The number of allylic oxidation sites excluding steroid dienone is 1. The summed E-state index contributed by atoms with van der Waals surface area (Å²) in [5.74, 6) is -0.0336. The highest BCUT2D eigenvalue weighted by Crippen LogP contribution is 2.36. The van der Waals surface area contributed by atoms with Crippen molar-refractivity contribution in [3.8, 4) is 11.5 Å². The molecule has 45 heavy (non-hydrogen) atoms. The molecule has 10 heteroatoms. The summed E-state index contributed by atoms with van der Waals surface area (Å²) in [5, 5.41) is 21.2. The van der Waals surface area contributed by atoms with Crippen LogP contribution in [0.3, 0.4) is 0 Å². The number of halogens is 2. The molecule has 4 N–H and O–H groups in total. The molecule has 0 saturated heterocycles. The number of carboxylic acids is 1. The van der Waals surface area contributed by atoms with Crippen molar-refractivity contribution in [3.05, 3.63) is 101 Å². The Morgan fingerprint density at radius 1 is 1.18 bits per heavy atom. The summed E-state index contributed by atoms with van der Waals surface area (Å²) in [5.41, 5.74) is 3.85. The summed E-state index contributed by atoms with van der Waals surface area (Å²) in [4.78, 5) is 18.5. The Labute approximate surface area is 266 Å². The molecule has 7 nitrogen and oxygen atoms in total. The molecule has 1 aromatic heterocycles. The third-order valence-electron chi connectivity index (χ3n) is 8.03. The zero-order chi connectivity index (χ0) is 32.0. The molecule has 5 rings (SSSR count). The first-order valence-electron chi connectivity index (χ1n) is 15.1. The summed E-state index contributed by atoms with van der Waals surface area (Å²) in [6.45, 7) is 4.51. The highest BCUT2D eigenvalue weighted by atomic mass is 32.2. The van der Waals surface area contributed by atoms with Crippen LogP contribution in [0.5, 0.6) is 11.5 Å². The summed E-state index contributed by atoms with van der Waals surface area (Å²) < 4.78 is 36.4. The van der Waals surface area contributed by atoms with Crippen molar-refractivity contribution in [2.45, 2.75) is 58.4 Å². The second-order valence-corrected chi connectivity index (χ2v) is 13.3. The molecule has 1 unspecified atom stereocenters. The van der Waals surface area contributed by atoms with E-state index in [4.69, 9.17) is 15.3 Å². The Bertz CT molecular complexity index is 1720. The molecule has 0 saturated carbocycles. The molecule has 0 aliphatic carbocycles. The Hall–Kier alpha value is -4.18. The smallest absolute Gasteiger partial charge is 0.303 e. The third-order valence-corrected chi connectivity index (χ3v) is 9.51. The average molecular weight is 633 g/mol. The number of aliphatic carboxylic acids is 1. The zero-order valence-corrected chi connectivity index (χ0v) is 26.3. The molecule has 1 aliphatic heterocycles. The number of hydrogen-bond donors (Lipinski definition) is 4. The average Bonchev–Trinajstić information content (AvgIpc) is 3.47. The Morgan fingerprint density at radius 2 is 2.02 bits per heavy atom. The van der Waals surface area contributed by atoms with E-state index in [1.807, 2.05) is 36.0 Å². The molecule has 1 aliphatic rings. The fourth-order valence-corrected chi connectivity index (χ4v) is 6.80. The highest BCUT2D eigenvalue weighted by molar-refractivity contribution is 7.99. The zero-order valence-electron chi connectivity index (χ0n) is 25.5. The molecule has 0 fully saturated rings. The van der Waals surface area contributed by atoms with Crippen molar-refractivity contribution < 1.29 is 23.4 Å². The van der Waals surface area contributed by atoms with Gasteiger partial charge in [-0.05, 0) is 84.2 Å². The SMILES string of the molecule is CC1(C)CCCC(c2cccc(CCC(=O)O)c2)N/C=C\C(=N)c2cc(ccc2F)Oc2c(F)cc3[nH]cnc3c2CCSC1. The number of aromatic nitrogens is 2. The van der Waals surface area contributed by atoms with E-state index >= 15 is 4.39 Å². The van der Waals surface area contributed by atoms with Crippen LogP contribution in [0, 0.1) is 22.5 Å². The number of carbonyl (C=O) groups is 1. The molecule has 0 radical (unpaired) electrons. The Morgan fingerprint density at radius 3 is 2.84 bits per heavy atom. The van der Waals surface area contributed by atoms with Gasteiger partial charge in [-0.15, -0.1) is 0 Å². The number of aryl methyl sites for hydroxylation is 2. The van der Waals surface area contributed by atoms with E-state index in [1.165, 1.54) is 36.7 Å². The summed E-state index contributed by atoms with van der Waals surface area (Å²) >= 11 is 1.81. The number of thioether (sulfide) groups is 1. The molecule has 0 amide bonds. The van der Waals surface area contributed by atoms with Gasteiger partial charge in [0.2, 0.25) is 0 Å². The standard InChI is InChI=1S/C35H38F2N4O3S/c1-35(2)14-4-7-30(23-6-3-5-22(17-23)8-11-32(42)43)39-15-12-29(38)26-18-24(9-10-27(26)36)44-34-25(13-16-45-20-35)33-31(19-28(34)37)40-21-41-33/h3,5-6,9-10,12,15,17-19,21,30,38-39H,4,7-8,11,13-14,16,20H2,1-2H3,(H,40,41)(H,42,43)/b15-12-,38-29?. The van der Waals surface area contributed by atoms with Gasteiger partial charge in [-0.1, -0.05) is 44.5 Å². The molecule has 4 aromatic rings. The first-order valence-corrected chi connectivity index (χ1v) is 16.3. The summed E-state index contributed by atoms with van der Waals surface area (Å²) in [6, 6.07) is 13.2. The second-order valence-electron chi connectivity index (χ2n) is 12.2. The number of H-pyrrole nitrogens is 1. The number of fused-ring (bicyclic) bond motifs is 5. The van der Waals surface area contributed by atoms with Crippen LogP contribution in [0.15, 0.2) is 67.1 Å². The number of rotatable bonds is 4. The van der Waals surface area contributed by atoms with Gasteiger partial charge in [-0.2, -0.15) is 11.8 Å². The van der Waals surface area contributed by atoms with Crippen LogP contribution < -0.4 is 10.1 Å². The van der Waals surface area contributed by atoms with Crippen molar-refractivity contribution in [2.75, 3.05) is 11.5 Å². The summed E-state index contributed by atoms with van der Waals surface area (Å²) in [7, 11) is 0. The van der Waals surface area contributed by atoms with Gasteiger partial charge < -0.3 is 25.6 Å². The van der Waals surface area contributed by atoms with Gasteiger partial charge in [0.15, 0.2) is 11.6 Å². The van der Waals surface area contributed by atoms with Crippen LogP contribution in [0.4, 0.5) is 8.78 Å². The molecule has 3 aromatic carbocycles. The topological polar surface area (TPSA) is 111 Å². The number of nitrogens with one attached hydrogen (secondary N) is 3. The lowest BCUT2D eigenvalue weighted by Gasteiger charge is -2.26. The predicted octanol–water partition coefficient (Wildman–Crippen LogP) is 8.35. The quantitative estimate of drug-likeness (QED) is 0.180. The molecular weight excluding hydrogens is 594 g/mol. The van der Waals surface area contributed by atoms with E-state index in [0.717, 1.165) is 41.9 Å². The predicted molar refractivity (Wildman–Crippen MR) is 175 cm³/mol. The van der Waals surface area contributed by atoms with Crippen LogP contribution in [0.2, 0.25) is 0 Å². The van der Waals surface area contributed by atoms with Crippen molar-refractivity contribution in [1.82, 2.24) is 15.3 Å². The van der Waals surface area contributed by atoms with E-state index in [-0.39, 0.29) is 40.7 Å². The van der Waals surface area contributed by atoms with Gasteiger partial charge >= 0.3 is 5.97 Å². The van der Waals surface area contributed by atoms with Crippen LogP contribution in [0.1, 0.15) is 67.8 Å². The minimum absolute atomic E-state index is 0.0239. The van der Waals surface area contributed by atoms with Crippen molar-refractivity contribution in [1.29, 1.82) is 5.41 Å². The van der Waals surface area contributed by atoms with Gasteiger partial charge in [-0.25, -0.2) is 13.8 Å². The first kappa shape index (κ1) is 32.2. The lowest BCUT2D eigenvalue weighted by atomic mass is 9.87. The van der Waals surface area contributed by atoms with E-state index in [9.17, 15) is 9.18 Å². The summed E-state index contributed by atoms with van der Waals surface area (Å²) in [6.07, 6.45) is 8.45. The van der Waals surface area contributed by atoms with Crippen molar-refractivity contribution in [2.24, 2.45) is 5.41 Å². The van der Waals surface area contributed by atoms with E-state index in [1.54, 1.807) is 6.20 Å². The van der Waals surface area contributed by atoms with Crippen LogP contribution >= 0.6 is 11.8 Å². The number of benzene rings is 3. The molecule has 1 atom stereocenters. The van der Waals surface area contributed by atoms with Gasteiger partial charge in [-0.3, -0.25) is 4.79 Å². The van der Waals surface area contributed by atoms with Crippen molar-refractivity contribution in [3.63, 3.8) is 0 Å². The molecule has 236 valence electrons. The maximum Gasteiger partial charge on any atom is 0.303 e. The fourth-order valence-electron chi connectivity index (χ4n) is 5.61. The van der Waals surface area contributed by atoms with Gasteiger partial charge in [0, 0.05) is 23.6 Å². The lowest BCUT2D eigenvalue weighted by Crippen LogP contribution is -2.19. The Balaban J connectivity index is 1.46. The minimum Gasteiger partial charge on any atom is -0.481 e. The van der Waals surface area contributed by atoms with Crippen LogP contribution in [-0.2, 0) is 17.6 Å². The van der Waals surface area contributed by atoms with E-state index in [0.29, 0.717) is 29.4 Å². The third kappa shape index (κ3) is 8.30. The first-order chi connectivity index (χ1) is 21.6. The highest BCUT2D eigenvalue weighted by Gasteiger charge is 2.22. The maximum absolute atomic E-state index is 15.4.